The van der Waals surface area contributed by atoms with E-state index in [4.69, 9.17) is 14.2 Å². The summed E-state index contributed by atoms with van der Waals surface area (Å²) in [6.07, 6.45) is 3.32. The first kappa shape index (κ1) is 16.8. The predicted octanol–water partition coefficient (Wildman–Crippen LogP) is 2.23. The molecular formula is C17H25NO4. The molecule has 5 heteroatoms. The predicted molar refractivity (Wildman–Crippen MR) is 86.4 cm³/mol. The van der Waals surface area contributed by atoms with Crippen molar-refractivity contribution in [1.29, 1.82) is 0 Å². The molecule has 2 rings (SSSR count). The molecule has 5 nitrogen and oxygen atoms in total. The number of aliphatic imine (C=N–C) groups is 1. The number of fused-ring (bicyclic) bond motifs is 1. The molecule has 0 saturated carbocycles. The zero-order valence-electron chi connectivity index (χ0n) is 13.8. The van der Waals surface area contributed by atoms with Gasteiger partial charge >= 0.3 is 0 Å². The molecule has 122 valence electrons. The maximum atomic E-state index is 10.2. The van der Waals surface area contributed by atoms with Gasteiger partial charge < -0.3 is 19.3 Å². The third-order valence-corrected chi connectivity index (χ3v) is 3.80. The van der Waals surface area contributed by atoms with Crippen molar-refractivity contribution in [2.45, 2.75) is 38.3 Å². The largest absolute Gasteiger partial charge is 0.493 e. The van der Waals surface area contributed by atoms with E-state index in [1.165, 1.54) is 0 Å². The molecule has 1 aliphatic rings. The maximum absolute atomic E-state index is 10.2. The molecule has 0 unspecified atom stereocenters. The maximum Gasteiger partial charge on any atom is 0.161 e. The van der Waals surface area contributed by atoms with Gasteiger partial charge in [0.2, 0.25) is 0 Å². The Morgan fingerprint density at radius 1 is 1.23 bits per heavy atom. The second-order valence-electron chi connectivity index (χ2n) is 6.05. The molecule has 1 aromatic carbocycles. The number of benzene rings is 1. The lowest BCUT2D eigenvalue weighted by Crippen LogP contribution is -2.38. The summed E-state index contributed by atoms with van der Waals surface area (Å²) in [6, 6.07) is 3.78. The second-order valence-corrected chi connectivity index (χ2v) is 6.05. The summed E-state index contributed by atoms with van der Waals surface area (Å²) in [5.74, 6) is 1.42. The molecule has 0 saturated heterocycles. The summed E-state index contributed by atoms with van der Waals surface area (Å²) in [6.45, 7) is 4.81. The van der Waals surface area contributed by atoms with Crippen molar-refractivity contribution >= 4 is 6.21 Å². The van der Waals surface area contributed by atoms with Crippen molar-refractivity contribution in [2.75, 3.05) is 27.4 Å². The number of methoxy groups -OCH3 is 2. The Balaban J connectivity index is 2.18. The zero-order valence-corrected chi connectivity index (χ0v) is 13.8. The van der Waals surface area contributed by atoms with Crippen LogP contribution in [0.15, 0.2) is 17.1 Å². The quantitative estimate of drug-likeness (QED) is 0.785. The fourth-order valence-electron chi connectivity index (χ4n) is 2.44. The van der Waals surface area contributed by atoms with E-state index in [1.54, 1.807) is 34.3 Å². The summed E-state index contributed by atoms with van der Waals surface area (Å²) in [4.78, 5) is 4.45. The molecule has 0 bridgehead atoms. The Kier molecular flexibility index (Phi) is 5.42. The van der Waals surface area contributed by atoms with Crippen LogP contribution in [0.2, 0.25) is 0 Å². The molecule has 1 aliphatic heterocycles. The number of rotatable bonds is 7. The molecule has 0 fully saturated rings. The average molecular weight is 307 g/mol. The van der Waals surface area contributed by atoms with Gasteiger partial charge in [-0.2, -0.15) is 0 Å². The Morgan fingerprint density at radius 3 is 2.64 bits per heavy atom. The van der Waals surface area contributed by atoms with Crippen LogP contribution < -0.4 is 9.47 Å². The van der Waals surface area contributed by atoms with Gasteiger partial charge in [0.1, 0.15) is 0 Å². The van der Waals surface area contributed by atoms with Crippen LogP contribution in [0, 0.1) is 0 Å². The third-order valence-electron chi connectivity index (χ3n) is 3.80. The van der Waals surface area contributed by atoms with Gasteiger partial charge in [-0.25, -0.2) is 0 Å². The van der Waals surface area contributed by atoms with E-state index in [9.17, 15) is 5.11 Å². The first-order chi connectivity index (χ1) is 10.5. The van der Waals surface area contributed by atoms with Gasteiger partial charge in [-0.1, -0.05) is 0 Å². The van der Waals surface area contributed by atoms with E-state index in [2.05, 4.69) is 4.99 Å². The van der Waals surface area contributed by atoms with Crippen LogP contribution in [0.25, 0.3) is 0 Å². The number of hydrogen-bond donors (Lipinski definition) is 1. The molecule has 1 atom stereocenters. The molecular weight excluding hydrogens is 282 g/mol. The summed E-state index contributed by atoms with van der Waals surface area (Å²) in [7, 11) is 3.30. The van der Waals surface area contributed by atoms with Crippen LogP contribution in [0.3, 0.4) is 0 Å². The summed E-state index contributed by atoms with van der Waals surface area (Å²) in [5, 5.41) is 10.2. The topological polar surface area (TPSA) is 60.3 Å². The minimum atomic E-state index is -0.840. The lowest BCUT2D eigenvalue weighted by atomic mass is 9.88. The van der Waals surface area contributed by atoms with E-state index < -0.39 is 5.60 Å². The smallest absolute Gasteiger partial charge is 0.161 e. The van der Waals surface area contributed by atoms with Crippen molar-refractivity contribution in [2.24, 2.45) is 4.99 Å². The molecule has 1 aromatic rings. The Hall–Kier alpha value is -1.59. The second kappa shape index (κ2) is 7.11. The molecule has 1 heterocycles. The Morgan fingerprint density at radius 2 is 2.00 bits per heavy atom. The minimum absolute atomic E-state index is 0.144. The van der Waals surface area contributed by atoms with Gasteiger partial charge in [-0.3, -0.25) is 4.99 Å². The summed E-state index contributed by atoms with van der Waals surface area (Å²) >= 11 is 0. The molecule has 0 aliphatic carbocycles. The Bertz CT molecular complexity index is 534. The van der Waals surface area contributed by atoms with E-state index in [1.807, 2.05) is 12.1 Å². The van der Waals surface area contributed by atoms with Crippen molar-refractivity contribution < 1.29 is 19.3 Å². The number of aliphatic hydroxyl groups is 1. The molecule has 0 radical (unpaired) electrons. The normalized spacial score (nSPS) is 17.2. The Labute approximate surface area is 131 Å². The van der Waals surface area contributed by atoms with Gasteiger partial charge in [-0.15, -0.1) is 0 Å². The van der Waals surface area contributed by atoms with E-state index in [0.717, 1.165) is 23.3 Å². The van der Waals surface area contributed by atoms with E-state index in [-0.39, 0.29) is 6.04 Å². The van der Waals surface area contributed by atoms with Crippen molar-refractivity contribution in [1.82, 2.24) is 0 Å². The number of ether oxygens (including phenoxy) is 3. The van der Waals surface area contributed by atoms with Gasteiger partial charge in [-0.05, 0) is 43.5 Å². The van der Waals surface area contributed by atoms with Crippen molar-refractivity contribution in [3.05, 3.63) is 23.3 Å². The third kappa shape index (κ3) is 3.99. The number of hydrogen-bond acceptors (Lipinski definition) is 5. The highest BCUT2D eigenvalue weighted by Crippen LogP contribution is 2.34. The highest BCUT2D eigenvalue weighted by Gasteiger charge is 2.29. The molecule has 22 heavy (non-hydrogen) atoms. The number of nitrogens with zero attached hydrogens (tertiary/aromatic N) is 1. The first-order valence-corrected chi connectivity index (χ1v) is 7.54. The molecule has 0 spiro atoms. The van der Waals surface area contributed by atoms with Gasteiger partial charge in [0.15, 0.2) is 11.5 Å². The van der Waals surface area contributed by atoms with Crippen molar-refractivity contribution in [3.63, 3.8) is 0 Å². The first-order valence-electron chi connectivity index (χ1n) is 7.54. The lowest BCUT2D eigenvalue weighted by Gasteiger charge is -2.29. The van der Waals surface area contributed by atoms with Gasteiger partial charge in [0.25, 0.3) is 0 Å². The van der Waals surface area contributed by atoms with Gasteiger partial charge in [0, 0.05) is 26.4 Å². The molecule has 0 aromatic heterocycles. The highest BCUT2D eigenvalue weighted by molar-refractivity contribution is 5.84. The fraction of sp³-hybridized carbons (Fsp3) is 0.588. The van der Waals surface area contributed by atoms with Crippen LogP contribution in [-0.4, -0.2) is 50.4 Å². The monoisotopic (exact) mass is 307 g/mol. The van der Waals surface area contributed by atoms with Gasteiger partial charge in [0.05, 0.1) is 25.4 Å². The molecule has 1 N–H and O–H groups in total. The minimum Gasteiger partial charge on any atom is -0.493 e. The fourth-order valence-corrected chi connectivity index (χ4v) is 2.44. The van der Waals surface area contributed by atoms with Crippen LogP contribution in [-0.2, 0) is 11.2 Å². The molecule has 0 amide bonds. The highest BCUT2D eigenvalue weighted by atomic mass is 16.5. The van der Waals surface area contributed by atoms with Crippen molar-refractivity contribution in [3.8, 4) is 11.5 Å². The summed E-state index contributed by atoms with van der Waals surface area (Å²) in [5.41, 5.74) is 1.29. The van der Waals surface area contributed by atoms with Crippen LogP contribution in [0.1, 0.15) is 31.4 Å². The van der Waals surface area contributed by atoms with Crippen LogP contribution in [0.5, 0.6) is 11.5 Å². The van der Waals surface area contributed by atoms with E-state index >= 15 is 0 Å². The zero-order chi connectivity index (χ0) is 16.2. The van der Waals surface area contributed by atoms with E-state index in [0.29, 0.717) is 25.4 Å². The lowest BCUT2D eigenvalue weighted by molar-refractivity contribution is 0.0527. The average Bonchev–Trinajstić information content (AvgIpc) is 2.49. The van der Waals surface area contributed by atoms with Crippen LogP contribution >= 0.6 is 0 Å². The SMILES string of the molecule is COCCCOc1cc2c(cc1OC)C=N[C@H](C(C)(C)O)C2. The van der Waals surface area contributed by atoms with Crippen LogP contribution in [0.4, 0.5) is 0 Å². The summed E-state index contributed by atoms with van der Waals surface area (Å²) < 4.78 is 16.2. The standard InChI is InChI=1S/C17H25NO4/c1-17(2,19)16-10-12-8-15(22-7-5-6-20-3)14(21-4)9-13(12)11-18-16/h8-9,11,16,19H,5-7,10H2,1-4H3/t16-/m0/s1.